The Hall–Kier alpha value is -3.06. The van der Waals surface area contributed by atoms with Gasteiger partial charge in [0, 0.05) is 0 Å². The molecule has 0 saturated heterocycles. The zero-order valence-electron chi connectivity index (χ0n) is 13.1. The van der Waals surface area contributed by atoms with E-state index in [1.807, 2.05) is 68.5 Å². The number of hydrogen-bond acceptors (Lipinski definition) is 3. The number of aromatic nitrogens is 2. The predicted octanol–water partition coefficient (Wildman–Crippen LogP) is 4.41. The van der Waals surface area contributed by atoms with E-state index in [1.165, 1.54) is 0 Å². The Morgan fingerprint density at radius 3 is 2.57 bits per heavy atom. The second-order valence-electron chi connectivity index (χ2n) is 5.51. The summed E-state index contributed by atoms with van der Waals surface area (Å²) >= 11 is 0. The molecule has 1 aromatic heterocycles. The van der Waals surface area contributed by atoms with Gasteiger partial charge in [-0.25, -0.2) is 4.98 Å². The molecular weight excluding hydrogens is 286 g/mol. The second-order valence-corrected chi connectivity index (χ2v) is 5.51. The maximum atomic E-state index is 9.44. The fourth-order valence-electron chi connectivity index (χ4n) is 2.32. The third-order valence-corrected chi connectivity index (χ3v) is 3.33. The van der Waals surface area contributed by atoms with E-state index in [1.54, 1.807) is 0 Å². The number of nitrogens with one attached hydrogen (secondary N) is 1. The number of aromatic amines is 1. The van der Waals surface area contributed by atoms with Crippen LogP contribution in [0.5, 0.6) is 5.75 Å². The van der Waals surface area contributed by atoms with Crippen LogP contribution in [0, 0.1) is 11.3 Å². The molecule has 0 aliphatic heterocycles. The summed E-state index contributed by atoms with van der Waals surface area (Å²) in [7, 11) is 0. The molecule has 0 atom stereocenters. The Balaban J connectivity index is 1.90. The van der Waals surface area contributed by atoms with E-state index in [-0.39, 0.29) is 6.10 Å². The highest BCUT2D eigenvalue weighted by Gasteiger charge is 2.07. The number of fused-ring (bicyclic) bond motifs is 1. The summed E-state index contributed by atoms with van der Waals surface area (Å²) in [6, 6.07) is 17.6. The first kappa shape index (κ1) is 14.9. The largest absolute Gasteiger partial charge is 0.491 e. The smallest absolute Gasteiger partial charge is 0.149 e. The minimum absolute atomic E-state index is 0.140. The number of nitriles is 1. The van der Waals surface area contributed by atoms with Crippen molar-refractivity contribution < 1.29 is 4.74 Å². The minimum Gasteiger partial charge on any atom is -0.491 e. The number of ether oxygens (including phenoxy) is 1. The van der Waals surface area contributed by atoms with Crippen molar-refractivity contribution in [2.24, 2.45) is 0 Å². The average Bonchev–Trinajstić information content (AvgIpc) is 2.97. The summed E-state index contributed by atoms with van der Waals surface area (Å²) in [4.78, 5) is 7.64. The highest BCUT2D eigenvalue weighted by Crippen LogP contribution is 2.21. The van der Waals surface area contributed by atoms with Gasteiger partial charge < -0.3 is 9.72 Å². The SMILES string of the molecule is CC(C)Oc1ccc(/C=C(/C#N)c2nc3ccccc3[nH]2)cc1. The average molecular weight is 303 g/mol. The molecular formula is C19H17N3O. The Morgan fingerprint density at radius 1 is 1.17 bits per heavy atom. The lowest BCUT2D eigenvalue weighted by atomic mass is 10.1. The van der Waals surface area contributed by atoms with Crippen LogP contribution in [-0.4, -0.2) is 16.1 Å². The molecule has 1 N–H and O–H groups in total. The van der Waals surface area contributed by atoms with Gasteiger partial charge in [0.05, 0.1) is 22.7 Å². The van der Waals surface area contributed by atoms with Crippen LogP contribution in [-0.2, 0) is 0 Å². The summed E-state index contributed by atoms with van der Waals surface area (Å²) in [5.74, 6) is 1.40. The van der Waals surface area contributed by atoms with Crippen molar-refractivity contribution in [3.05, 3.63) is 59.9 Å². The van der Waals surface area contributed by atoms with Crippen molar-refractivity contribution in [3.63, 3.8) is 0 Å². The summed E-state index contributed by atoms with van der Waals surface area (Å²) in [6.07, 6.45) is 1.96. The zero-order chi connectivity index (χ0) is 16.2. The summed E-state index contributed by atoms with van der Waals surface area (Å²) < 4.78 is 5.62. The fourth-order valence-corrected chi connectivity index (χ4v) is 2.32. The van der Waals surface area contributed by atoms with Gasteiger partial charge in [0.15, 0.2) is 0 Å². The maximum Gasteiger partial charge on any atom is 0.149 e. The van der Waals surface area contributed by atoms with E-state index in [0.717, 1.165) is 22.3 Å². The molecule has 2 aromatic carbocycles. The minimum atomic E-state index is 0.140. The number of hydrogen-bond donors (Lipinski definition) is 1. The molecule has 4 heteroatoms. The number of rotatable bonds is 4. The van der Waals surface area contributed by atoms with Crippen LogP contribution in [0.2, 0.25) is 0 Å². The first-order chi connectivity index (χ1) is 11.2. The molecule has 114 valence electrons. The lowest BCUT2D eigenvalue weighted by Gasteiger charge is -2.09. The van der Waals surface area contributed by atoms with Crippen molar-refractivity contribution >= 4 is 22.7 Å². The van der Waals surface area contributed by atoms with Crippen molar-refractivity contribution in [1.82, 2.24) is 9.97 Å². The molecule has 0 aliphatic rings. The standard InChI is InChI=1S/C19H17N3O/c1-13(2)23-16-9-7-14(8-10-16)11-15(12-20)19-21-17-5-3-4-6-18(17)22-19/h3-11,13H,1-2H3,(H,21,22)/b15-11-. The van der Waals surface area contributed by atoms with Gasteiger partial charge in [-0.05, 0) is 49.8 Å². The van der Waals surface area contributed by atoms with E-state index in [9.17, 15) is 5.26 Å². The van der Waals surface area contributed by atoms with Crippen LogP contribution in [0.15, 0.2) is 48.5 Å². The summed E-state index contributed by atoms with van der Waals surface area (Å²) in [5, 5.41) is 9.44. The van der Waals surface area contributed by atoms with Crippen LogP contribution in [0.25, 0.3) is 22.7 Å². The fraction of sp³-hybridized carbons (Fsp3) is 0.158. The third kappa shape index (κ3) is 3.41. The highest BCUT2D eigenvalue weighted by molar-refractivity contribution is 5.90. The van der Waals surface area contributed by atoms with Gasteiger partial charge in [0.1, 0.15) is 17.6 Å². The van der Waals surface area contributed by atoms with Gasteiger partial charge in [-0.3, -0.25) is 0 Å². The van der Waals surface area contributed by atoms with Gasteiger partial charge >= 0.3 is 0 Å². The van der Waals surface area contributed by atoms with E-state index in [0.29, 0.717) is 11.4 Å². The lowest BCUT2D eigenvalue weighted by molar-refractivity contribution is 0.242. The summed E-state index contributed by atoms with van der Waals surface area (Å²) in [6.45, 7) is 3.98. The van der Waals surface area contributed by atoms with Crippen molar-refractivity contribution in [3.8, 4) is 11.8 Å². The third-order valence-electron chi connectivity index (χ3n) is 3.33. The topological polar surface area (TPSA) is 61.7 Å². The second kappa shape index (κ2) is 6.37. The molecule has 0 fully saturated rings. The molecule has 0 radical (unpaired) electrons. The van der Waals surface area contributed by atoms with Crippen molar-refractivity contribution in [2.45, 2.75) is 20.0 Å². The normalized spacial score (nSPS) is 11.7. The first-order valence-corrected chi connectivity index (χ1v) is 7.49. The highest BCUT2D eigenvalue weighted by atomic mass is 16.5. The molecule has 0 unspecified atom stereocenters. The molecule has 0 spiro atoms. The predicted molar refractivity (Wildman–Crippen MR) is 91.8 cm³/mol. The molecule has 1 heterocycles. The van der Waals surface area contributed by atoms with Gasteiger partial charge in [0.25, 0.3) is 0 Å². The molecule has 4 nitrogen and oxygen atoms in total. The Bertz CT molecular complexity index is 850. The van der Waals surface area contributed by atoms with Gasteiger partial charge in [-0.1, -0.05) is 24.3 Å². The van der Waals surface area contributed by atoms with E-state index < -0.39 is 0 Å². The quantitative estimate of drug-likeness (QED) is 0.726. The van der Waals surface area contributed by atoms with Gasteiger partial charge in [-0.15, -0.1) is 0 Å². The summed E-state index contributed by atoms with van der Waals surface area (Å²) in [5.41, 5.74) is 3.20. The van der Waals surface area contributed by atoms with E-state index >= 15 is 0 Å². The Kier molecular flexibility index (Phi) is 4.11. The van der Waals surface area contributed by atoms with Crippen LogP contribution in [0.4, 0.5) is 0 Å². The van der Waals surface area contributed by atoms with Gasteiger partial charge in [-0.2, -0.15) is 5.26 Å². The number of benzene rings is 2. The number of imidazole rings is 1. The van der Waals surface area contributed by atoms with Crippen LogP contribution >= 0.6 is 0 Å². The molecule has 3 rings (SSSR count). The number of allylic oxidation sites excluding steroid dienone is 1. The molecule has 0 aliphatic carbocycles. The monoisotopic (exact) mass is 303 g/mol. The van der Waals surface area contributed by atoms with E-state index in [2.05, 4.69) is 16.0 Å². The van der Waals surface area contributed by atoms with Crippen molar-refractivity contribution in [2.75, 3.05) is 0 Å². The maximum absolute atomic E-state index is 9.44. The van der Waals surface area contributed by atoms with Gasteiger partial charge in [0.2, 0.25) is 0 Å². The number of H-pyrrole nitrogens is 1. The molecule has 0 amide bonds. The number of nitrogens with zero attached hydrogens (tertiary/aromatic N) is 2. The zero-order valence-corrected chi connectivity index (χ0v) is 13.1. The molecule has 0 bridgehead atoms. The van der Waals surface area contributed by atoms with Crippen LogP contribution < -0.4 is 4.74 Å². The van der Waals surface area contributed by atoms with Crippen LogP contribution in [0.1, 0.15) is 25.2 Å². The molecule has 3 aromatic rings. The Labute approximate surface area is 135 Å². The molecule has 0 saturated carbocycles. The van der Waals surface area contributed by atoms with Crippen molar-refractivity contribution in [1.29, 1.82) is 5.26 Å². The number of para-hydroxylation sites is 2. The Morgan fingerprint density at radius 2 is 1.91 bits per heavy atom. The molecule has 23 heavy (non-hydrogen) atoms. The lowest BCUT2D eigenvalue weighted by Crippen LogP contribution is -2.05. The van der Waals surface area contributed by atoms with E-state index in [4.69, 9.17) is 4.74 Å². The van der Waals surface area contributed by atoms with Crippen LogP contribution in [0.3, 0.4) is 0 Å². The first-order valence-electron chi connectivity index (χ1n) is 7.49.